The summed E-state index contributed by atoms with van der Waals surface area (Å²) in [5.74, 6) is 0.529. The first-order valence-corrected chi connectivity index (χ1v) is 10.8. The third-order valence-electron chi connectivity index (χ3n) is 5.78. The third-order valence-corrected chi connectivity index (χ3v) is 5.78. The molecule has 2 heterocycles. The summed E-state index contributed by atoms with van der Waals surface area (Å²) in [6.07, 6.45) is 0. The topological polar surface area (TPSA) is 91.5 Å². The van der Waals surface area contributed by atoms with Gasteiger partial charge in [-0.25, -0.2) is 4.68 Å². The molecule has 1 unspecified atom stereocenters. The second-order valence-corrected chi connectivity index (χ2v) is 7.83. The van der Waals surface area contributed by atoms with E-state index < -0.39 is 0 Å². The Hall–Kier alpha value is -3.96. The monoisotopic (exact) mass is 443 g/mol. The zero-order valence-electron chi connectivity index (χ0n) is 18.4. The van der Waals surface area contributed by atoms with Gasteiger partial charge >= 0.3 is 0 Å². The molecule has 1 amide bonds. The van der Waals surface area contributed by atoms with Crippen LogP contribution in [-0.2, 0) is 6.54 Å². The number of benzene rings is 2. The number of rotatable bonds is 6. The van der Waals surface area contributed by atoms with Gasteiger partial charge < -0.3 is 9.64 Å². The second-order valence-electron chi connectivity index (χ2n) is 7.83. The van der Waals surface area contributed by atoms with Gasteiger partial charge in [0, 0.05) is 32.2 Å². The van der Waals surface area contributed by atoms with Crippen LogP contribution in [0.15, 0.2) is 71.5 Å². The summed E-state index contributed by atoms with van der Waals surface area (Å²) in [5, 5.41) is 14.1. The van der Waals surface area contributed by atoms with Crippen molar-refractivity contribution < 1.29 is 9.53 Å². The molecule has 8 nitrogen and oxygen atoms in total. The lowest BCUT2D eigenvalue weighted by molar-refractivity contribution is 0.0598. The number of aromatic nitrogens is 2. The number of carbonyl (C=O) groups excluding carboxylic acids is 1. The maximum Gasteiger partial charge on any atom is 0.274 e. The van der Waals surface area contributed by atoms with Crippen LogP contribution in [0.3, 0.4) is 0 Å². The molecule has 0 aliphatic carbocycles. The molecule has 0 saturated carbocycles. The van der Waals surface area contributed by atoms with Crippen molar-refractivity contribution in [3.05, 3.63) is 93.9 Å². The lowest BCUT2D eigenvalue weighted by atomic mass is 10.1. The Labute approximate surface area is 192 Å². The van der Waals surface area contributed by atoms with Gasteiger partial charge in [-0.15, -0.1) is 0 Å². The Bertz CT molecular complexity index is 1190. The van der Waals surface area contributed by atoms with Crippen LogP contribution in [0, 0.1) is 11.3 Å². The van der Waals surface area contributed by atoms with E-state index in [0.717, 1.165) is 16.9 Å². The van der Waals surface area contributed by atoms with Gasteiger partial charge in [-0.1, -0.05) is 42.5 Å². The number of ether oxygens (including phenoxy) is 1. The van der Waals surface area contributed by atoms with Crippen molar-refractivity contribution in [2.75, 3.05) is 33.3 Å². The molecule has 8 heteroatoms. The van der Waals surface area contributed by atoms with Crippen molar-refractivity contribution in [2.24, 2.45) is 0 Å². The summed E-state index contributed by atoms with van der Waals surface area (Å²) < 4.78 is 6.51. The molecule has 0 spiro atoms. The standard InChI is InChI=1S/C25H25N5O3/c1-33-21-9-7-20(8-10-21)23(17-26)28-13-15-29(16-14-28)25(32)22-11-12-24(31)30(27-22)18-19-5-3-2-4-6-19/h2-12,23H,13-16,18H2,1H3. The highest BCUT2D eigenvalue weighted by Crippen LogP contribution is 2.24. The molecule has 33 heavy (non-hydrogen) atoms. The summed E-state index contributed by atoms with van der Waals surface area (Å²) in [4.78, 5) is 29.1. The normalized spacial score (nSPS) is 15.0. The van der Waals surface area contributed by atoms with Crippen LogP contribution in [0.2, 0.25) is 0 Å². The maximum atomic E-state index is 13.1. The van der Waals surface area contributed by atoms with E-state index >= 15 is 0 Å². The summed E-state index contributed by atoms with van der Waals surface area (Å²) >= 11 is 0. The third kappa shape index (κ3) is 5.10. The number of hydrogen-bond acceptors (Lipinski definition) is 6. The Balaban J connectivity index is 1.42. The van der Waals surface area contributed by atoms with Crippen molar-refractivity contribution in [2.45, 2.75) is 12.6 Å². The maximum absolute atomic E-state index is 13.1. The highest BCUT2D eigenvalue weighted by Gasteiger charge is 2.28. The van der Waals surface area contributed by atoms with E-state index in [1.165, 1.54) is 16.8 Å². The minimum atomic E-state index is -0.390. The lowest BCUT2D eigenvalue weighted by Crippen LogP contribution is -2.49. The number of nitriles is 1. The Morgan fingerprint density at radius 3 is 2.36 bits per heavy atom. The fourth-order valence-corrected chi connectivity index (χ4v) is 3.93. The zero-order valence-corrected chi connectivity index (χ0v) is 18.4. The van der Waals surface area contributed by atoms with E-state index in [1.54, 1.807) is 12.0 Å². The Morgan fingerprint density at radius 2 is 1.73 bits per heavy atom. The van der Waals surface area contributed by atoms with Gasteiger partial charge in [0.05, 0.1) is 19.7 Å². The molecule has 1 fully saturated rings. The van der Waals surface area contributed by atoms with Gasteiger partial charge in [0.1, 0.15) is 17.5 Å². The number of methoxy groups -OCH3 is 1. The van der Waals surface area contributed by atoms with Crippen LogP contribution in [0.1, 0.15) is 27.7 Å². The zero-order chi connectivity index (χ0) is 23.2. The van der Waals surface area contributed by atoms with Gasteiger partial charge in [0.2, 0.25) is 0 Å². The molecule has 1 atom stereocenters. The molecule has 4 rings (SSSR count). The number of hydrogen-bond donors (Lipinski definition) is 0. The number of piperazine rings is 1. The lowest BCUT2D eigenvalue weighted by Gasteiger charge is -2.36. The first kappa shape index (κ1) is 22.2. The van der Waals surface area contributed by atoms with E-state index in [4.69, 9.17) is 4.74 Å². The van der Waals surface area contributed by atoms with E-state index in [1.807, 2.05) is 54.6 Å². The second kappa shape index (κ2) is 10.1. The number of amides is 1. The fraction of sp³-hybridized carbons (Fsp3) is 0.280. The predicted octanol–water partition coefficient (Wildman–Crippen LogP) is 2.32. The van der Waals surface area contributed by atoms with Crippen LogP contribution < -0.4 is 10.3 Å². The molecular weight excluding hydrogens is 418 g/mol. The van der Waals surface area contributed by atoms with Crippen molar-refractivity contribution in [3.63, 3.8) is 0 Å². The highest BCUT2D eigenvalue weighted by atomic mass is 16.5. The molecule has 168 valence electrons. The molecule has 1 aliphatic rings. The molecule has 0 radical (unpaired) electrons. The van der Waals surface area contributed by atoms with Crippen LogP contribution in [0.5, 0.6) is 5.75 Å². The van der Waals surface area contributed by atoms with Crippen molar-refractivity contribution in [3.8, 4) is 11.8 Å². The summed E-state index contributed by atoms with van der Waals surface area (Å²) in [6.45, 7) is 2.40. The van der Waals surface area contributed by atoms with Crippen LogP contribution in [0.4, 0.5) is 0 Å². The Kier molecular flexibility index (Phi) is 6.81. The molecule has 1 aromatic heterocycles. The number of nitrogens with zero attached hydrogens (tertiary/aromatic N) is 5. The van der Waals surface area contributed by atoms with Crippen LogP contribution in [-0.4, -0.2) is 58.8 Å². The largest absolute Gasteiger partial charge is 0.497 e. The first-order valence-electron chi connectivity index (χ1n) is 10.8. The molecular formula is C25H25N5O3. The van der Waals surface area contributed by atoms with E-state index in [0.29, 0.717) is 32.7 Å². The van der Waals surface area contributed by atoms with E-state index in [-0.39, 0.29) is 23.2 Å². The molecule has 3 aromatic rings. The van der Waals surface area contributed by atoms with Gasteiger partial charge in [-0.05, 0) is 29.3 Å². The smallest absolute Gasteiger partial charge is 0.274 e. The quantitative estimate of drug-likeness (QED) is 0.581. The molecule has 1 saturated heterocycles. The van der Waals surface area contributed by atoms with Crippen molar-refractivity contribution >= 4 is 5.91 Å². The highest BCUT2D eigenvalue weighted by molar-refractivity contribution is 5.92. The summed E-state index contributed by atoms with van der Waals surface area (Å²) in [5.41, 5.74) is 1.82. The van der Waals surface area contributed by atoms with Crippen molar-refractivity contribution in [1.29, 1.82) is 5.26 Å². The Morgan fingerprint density at radius 1 is 1.03 bits per heavy atom. The predicted molar refractivity (Wildman–Crippen MR) is 123 cm³/mol. The summed E-state index contributed by atoms with van der Waals surface area (Å²) in [7, 11) is 1.61. The SMILES string of the molecule is COc1ccc(C(C#N)N2CCN(C(=O)c3ccc(=O)n(Cc4ccccc4)n3)CC2)cc1. The van der Waals surface area contributed by atoms with Gasteiger partial charge in [0.15, 0.2) is 0 Å². The van der Waals surface area contributed by atoms with E-state index in [2.05, 4.69) is 16.1 Å². The van der Waals surface area contributed by atoms with Crippen LogP contribution in [0.25, 0.3) is 0 Å². The number of carbonyl (C=O) groups is 1. The van der Waals surface area contributed by atoms with Crippen LogP contribution >= 0.6 is 0 Å². The van der Waals surface area contributed by atoms with Gasteiger partial charge in [-0.2, -0.15) is 10.4 Å². The van der Waals surface area contributed by atoms with Crippen molar-refractivity contribution in [1.82, 2.24) is 19.6 Å². The molecule has 1 aliphatic heterocycles. The molecule has 0 N–H and O–H groups in total. The van der Waals surface area contributed by atoms with Gasteiger partial charge in [0.25, 0.3) is 11.5 Å². The molecule has 0 bridgehead atoms. The first-order chi connectivity index (χ1) is 16.1. The van der Waals surface area contributed by atoms with E-state index in [9.17, 15) is 14.9 Å². The fourth-order valence-electron chi connectivity index (χ4n) is 3.93. The summed E-state index contributed by atoms with van der Waals surface area (Å²) in [6, 6.07) is 21.8. The average Bonchev–Trinajstić information content (AvgIpc) is 2.87. The van der Waals surface area contributed by atoms with Gasteiger partial charge in [-0.3, -0.25) is 14.5 Å². The minimum Gasteiger partial charge on any atom is -0.497 e. The minimum absolute atomic E-state index is 0.214. The average molecular weight is 444 g/mol. The molecule has 2 aromatic carbocycles.